The van der Waals surface area contributed by atoms with Crippen molar-refractivity contribution < 1.29 is 12.8 Å². The third-order valence-electron chi connectivity index (χ3n) is 3.94. The van der Waals surface area contributed by atoms with E-state index in [0.29, 0.717) is 13.1 Å². The first-order valence-corrected chi connectivity index (χ1v) is 8.25. The van der Waals surface area contributed by atoms with Gasteiger partial charge >= 0.3 is 10.2 Å². The first kappa shape index (κ1) is 13.8. The maximum absolute atomic E-state index is 13.8. The fourth-order valence-electron chi connectivity index (χ4n) is 2.91. The third kappa shape index (κ3) is 2.30. The second-order valence-corrected chi connectivity index (χ2v) is 6.93. The first-order valence-electron chi connectivity index (χ1n) is 6.85. The van der Waals surface area contributed by atoms with Gasteiger partial charge in [-0.15, -0.1) is 0 Å². The molecule has 2 aliphatic rings. The Bertz CT molecular complexity index is 587. The zero-order chi connectivity index (χ0) is 14.2. The van der Waals surface area contributed by atoms with Gasteiger partial charge in [-0.3, -0.25) is 4.31 Å². The summed E-state index contributed by atoms with van der Waals surface area (Å²) in [6, 6.07) is 6.04. The van der Waals surface area contributed by atoms with Gasteiger partial charge in [0.05, 0.1) is 5.69 Å². The number of benzene rings is 1. The lowest BCUT2D eigenvalue weighted by atomic mass is 10.1. The zero-order valence-electron chi connectivity index (χ0n) is 11.1. The van der Waals surface area contributed by atoms with Crippen LogP contribution in [-0.4, -0.2) is 44.9 Å². The van der Waals surface area contributed by atoms with Crippen molar-refractivity contribution >= 4 is 15.9 Å². The van der Waals surface area contributed by atoms with Gasteiger partial charge in [0.15, 0.2) is 0 Å². The Labute approximate surface area is 118 Å². The maximum atomic E-state index is 13.8. The van der Waals surface area contributed by atoms with Crippen LogP contribution in [0.5, 0.6) is 0 Å². The van der Waals surface area contributed by atoms with Crippen LogP contribution in [0.15, 0.2) is 24.3 Å². The van der Waals surface area contributed by atoms with Gasteiger partial charge in [0.1, 0.15) is 5.82 Å². The van der Waals surface area contributed by atoms with Crippen LogP contribution in [0.2, 0.25) is 0 Å². The highest BCUT2D eigenvalue weighted by Crippen LogP contribution is 2.30. The van der Waals surface area contributed by atoms with Gasteiger partial charge in [0.25, 0.3) is 0 Å². The molecule has 2 heterocycles. The quantitative estimate of drug-likeness (QED) is 0.884. The predicted molar refractivity (Wildman–Crippen MR) is 75.3 cm³/mol. The fourth-order valence-corrected chi connectivity index (χ4v) is 4.77. The highest BCUT2D eigenvalue weighted by molar-refractivity contribution is 7.90. The Balaban J connectivity index is 1.88. The molecule has 5 nitrogen and oxygen atoms in total. The number of hydrogen-bond donors (Lipinski definition) is 1. The molecule has 20 heavy (non-hydrogen) atoms. The van der Waals surface area contributed by atoms with Crippen molar-refractivity contribution in [3.8, 4) is 0 Å². The summed E-state index contributed by atoms with van der Waals surface area (Å²) in [7, 11) is -3.60. The molecular formula is C13H18FN3O2S. The lowest BCUT2D eigenvalue weighted by Crippen LogP contribution is -2.45. The monoisotopic (exact) mass is 299 g/mol. The van der Waals surface area contributed by atoms with Gasteiger partial charge in [0, 0.05) is 19.1 Å². The van der Waals surface area contributed by atoms with Crippen molar-refractivity contribution in [1.29, 1.82) is 0 Å². The van der Waals surface area contributed by atoms with E-state index in [4.69, 9.17) is 0 Å². The number of nitrogens with one attached hydrogen (secondary N) is 1. The van der Waals surface area contributed by atoms with E-state index in [1.807, 2.05) is 0 Å². The molecule has 1 aromatic carbocycles. The summed E-state index contributed by atoms with van der Waals surface area (Å²) in [5.41, 5.74) is 0.143. The first-order chi connectivity index (χ1) is 9.60. The van der Waals surface area contributed by atoms with Gasteiger partial charge in [-0.1, -0.05) is 12.1 Å². The maximum Gasteiger partial charge on any atom is 0.304 e. The normalized spacial score (nSPS) is 24.1. The Morgan fingerprint density at radius 2 is 1.85 bits per heavy atom. The molecule has 2 saturated heterocycles. The summed E-state index contributed by atoms with van der Waals surface area (Å²) in [5.74, 6) is -0.497. The van der Waals surface area contributed by atoms with Crippen LogP contribution < -0.4 is 9.62 Å². The average Bonchev–Trinajstić information content (AvgIpc) is 2.76. The Morgan fingerprint density at radius 3 is 2.55 bits per heavy atom. The average molecular weight is 299 g/mol. The summed E-state index contributed by atoms with van der Waals surface area (Å²) < 4.78 is 41.8. The van der Waals surface area contributed by atoms with Gasteiger partial charge in [0.2, 0.25) is 0 Å². The minimum atomic E-state index is -3.60. The third-order valence-corrected chi connectivity index (χ3v) is 5.95. The lowest BCUT2D eigenvalue weighted by Gasteiger charge is -2.30. The summed E-state index contributed by atoms with van der Waals surface area (Å²) in [6.07, 6.45) is 1.62. The molecule has 0 spiro atoms. The lowest BCUT2D eigenvalue weighted by molar-refractivity contribution is 0.280. The number of hydrogen-bond acceptors (Lipinski definition) is 3. The standard InChI is InChI=1S/C13H18FN3O2S/c14-12-3-1-2-4-13(12)17-10-9-16(20(17,18)19)11-5-7-15-8-6-11/h1-4,11,15H,5-10H2. The number of para-hydroxylation sites is 1. The van der Waals surface area contributed by atoms with Gasteiger partial charge in [-0.2, -0.15) is 12.7 Å². The van der Waals surface area contributed by atoms with Crippen LogP contribution in [0.4, 0.5) is 10.1 Å². The van der Waals surface area contributed by atoms with E-state index in [1.54, 1.807) is 12.1 Å². The molecule has 1 aromatic rings. The molecule has 0 bridgehead atoms. The van der Waals surface area contributed by atoms with E-state index >= 15 is 0 Å². The fraction of sp³-hybridized carbons (Fsp3) is 0.538. The SMILES string of the molecule is O=S1(=O)N(c2ccccc2F)CCN1C1CCNCC1. The molecule has 0 atom stereocenters. The number of rotatable bonds is 2. The second-order valence-electron chi connectivity index (χ2n) is 5.12. The minimum Gasteiger partial charge on any atom is -0.317 e. The molecule has 2 fully saturated rings. The number of piperidine rings is 1. The van der Waals surface area contributed by atoms with Crippen molar-refractivity contribution in [2.24, 2.45) is 0 Å². The molecule has 0 aromatic heterocycles. The molecule has 0 saturated carbocycles. The summed E-state index contributed by atoms with van der Waals surface area (Å²) in [6.45, 7) is 2.40. The van der Waals surface area contributed by atoms with E-state index in [9.17, 15) is 12.8 Å². The van der Waals surface area contributed by atoms with Gasteiger partial charge < -0.3 is 5.32 Å². The molecule has 110 valence electrons. The molecule has 2 aliphatic heterocycles. The summed E-state index contributed by atoms with van der Waals surface area (Å²) in [5, 5.41) is 3.22. The highest BCUT2D eigenvalue weighted by Gasteiger charge is 2.41. The van der Waals surface area contributed by atoms with Crippen LogP contribution in [0.3, 0.4) is 0 Å². The number of anilines is 1. The van der Waals surface area contributed by atoms with Crippen LogP contribution in [0, 0.1) is 5.82 Å². The van der Waals surface area contributed by atoms with Crippen LogP contribution in [0.25, 0.3) is 0 Å². The van der Waals surface area contributed by atoms with Crippen LogP contribution in [-0.2, 0) is 10.2 Å². The van der Waals surface area contributed by atoms with Crippen molar-refractivity contribution in [3.63, 3.8) is 0 Å². The van der Waals surface area contributed by atoms with Crippen LogP contribution >= 0.6 is 0 Å². The van der Waals surface area contributed by atoms with E-state index in [-0.39, 0.29) is 11.7 Å². The molecule has 0 amide bonds. The van der Waals surface area contributed by atoms with E-state index < -0.39 is 16.0 Å². The van der Waals surface area contributed by atoms with Crippen molar-refractivity contribution in [3.05, 3.63) is 30.1 Å². The van der Waals surface area contributed by atoms with E-state index in [2.05, 4.69) is 5.32 Å². The predicted octanol–water partition coefficient (Wildman–Crippen LogP) is 0.944. The number of halogens is 1. The summed E-state index contributed by atoms with van der Waals surface area (Å²) in [4.78, 5) is 0. The van der Waals surface area contributed by atoms with Gasteiger partial charge in [-0.25, -0.2) is 4.39 Å². The summed E-state index contributed by atoms with van der Waals surface area (Å²) >= 11 is 0. The van der Waals surface area contributed by atoms with Crippen LogP contribution in [0.1, 0.15) is 12.8 Å². The van der Waals surface area contributed by atoms with E-state index in [0.717, 1.165) is 25.9 Å². The smallest absolute Gasteiger partial charge is 0.304 e. The van der Waals surface area contributed by atoms with E-state index in [1.165, 1.54) is 20.7 Å². The molecule has 3 rings (SSSR count). The Morgan fingerprint density at radius 1 is 1.15 bits per heavy atom. The van der Waals surface area contributed by atoms with Crippen molar-refractivity contribution in [2.45, 2.75) is 18.9 Å². The molecule has 0 radical (unpaired) electrons. The second kappa shape index (κ2) is 5.31. The molecule has 0 unspecified atom stereocenters. The molecule has 1 N–H and O–H groups in total. The zero-order valence-corrected chi connectivity index (χ0v) is 11.9. The number of nitrogens with zero attached hydrogens (tertiary/aromatic N) is 2. The Hall–Kier alpha value is -1.18. The molecule has 0 aliphatic carbocycles. The molecular weight excluding hydrogens is 281 g/mol. The Kier molecular flexibility index (Phi) is 3.66. The topological polar surface area (TPSA) is 52.7 Å². The minimum absolute atomic E-state index is 0.0259. The highest BCUT2D eigenvalue weighted by atomic mass is 32.2. The largest absolute Gasteiger partial charge is 0.317 e. The van der Waals surface area contributed by atoms with Crippen molar-refractivity contribution in [2.75, 3.05) is 30.5 Å². The molecule has 7 heteroatoms. The van der Waals surface area contributed by atoms with Gasteiger partial charge in [-0.05, 0) is 38.1 Å². The van der Waals surface area contributed by atoms with Crippen molar-refractivity contribution in [1.82, 2.24) is 9.62 Å².